The van der Waals surface area contributed by atoms with Gasteiger partial charge in [0.05, 0.1) is 16.8 Å². The Morgan fingerprint density at radius 2 is 2.11 bits per heavy atom. The number of para-hydroxylation sites is 1. The summed E-state index contributed by atoms with van der Waals surface area (Å²) in [7, 11) is 0. The summed E-state index contributed by atoms with van der Waals surface area (Å²) >= 11 is 6.73. The molecule has 3 rings (SSSR count). The molecule has 0 aliphatic rings. The van der Waals surface area contributed by atoms with Crippen molar-refractivity contribution in [3.8, 4) is 0 Å². The molecule has 1 aromatic carbocycles. The predicted molar refractivity (Wildman–Crippen MR) is 85.2 cm³/mol. The minimum Gasteiger partial charge on any atom is -0.389 e. The summed E-state index contributed by atoms with van der Waals surface area (Å²) in [5.41, 5.74) is 8.46. The number of anilines is 2. The molecule has 3 nitrogen and oxygen atoms in total. The minimum absolute atomic E-state index is 0.344. The summed E-state index contributed by atoms with van der Waals surface area (Å²) in [4.78, 5) is 4.94. The van der Waals surface area contributed by atoms with Crippen LogP contribution in [0.4, 0.5) is 11.5 Å². The Balaban J connectivity index is 2.15. The van der Waals surface area contributed by atoms with Crippen molar-refractivity contribution < 1.29 is 0 Å². The summed E-state index contributed by atoms with van der Waals surface area (Å²) < 4.78 is 0. The number of rotatable bonds is 3. The van der Waals surface area contributed by atoms with Crippen LogP contribution >= 0.6 is 23.6 Å². The first-order valence-electron chi connectivity index (χ1n) is 5.73. The van der Waals surface area contributed by atoms with Crippen molar-refractivity contribution >= 4 is 51.0 Å². The maximum absolute atomic E-state index is 5.79. The second-order valence-corrected chi connectivity index (χ2v) is 5.30. The summed E-state index contributed by atoms with van der Waals surface area (Å²) in [6.07, 6.45) is 0. The lowest BCUT2D eigenvalue weighted by molar-refractivity contribution is 1.36. The Labute approximate surface area is 120 Å². The van der Waals surface area contributed by atoms with Crippen molar-refractivity contribution in [1.82, 2.24) is 4.98 Å². The molecule has 0 fully saturated rings. The van der Waals surface area contributed by atoms with Crippen LogP contribution in [0.3, 0.4) is 0 Å². The first kappa shape index (κ1) is 12.1. The van der Waals surface area contributed by atoms with Gasteiger partial charge in [-0.3, -0.25) is 0 Å². The van der Waals surface area contributed by atoms with Gasteiger partial charge in [-0.1, -0.05) is 30.4 Å². The zero-order chi connectivity index (χ0) is 13.2. The molecule has 0 unspecified atom stereocenters. The van der Waals surface area contributed by atoms with Crippen molar-refractivity contribution in [2.75, 3.05) is 5.32 Å². The van der Waals surface area contributed by atoms with Gasteiger partial charge in [-0.2, -0.15) is 11.3 Å². The van der Waals surface area contributed by atoms with Gasteiger partial charge < -0.3 is 11.1 Å². The minimum atomic E-state index is 0.344. The van der Waals surface area contributed by atoms with Crippen LogP contribution in [-0.2, 0) is 0 Å². The van der Waals surface area contributed by atoms with Crippen molar-refractivity contribution in [2.45, 2.75) is 0 Å². The molecular weight excluding hydrogens is 274 g/mol. The average Bonchev–Trinajstić information content (AvgIpc) is 2.90. The molecule has 94 valence electrons. The lowest BCUT2D eigenvalue weighted by Crippen LogP contribution is -2.13. The smallest absolute Gasteiger partial charge is 0.141 e. The van der Waals surface area contributed by atoms with Gasteiger partial charge in [0.2, 0.25) is 0 Å². The number of benzene rings is 1. The van der Waals surface area contributed by atoms with Crippen molar-refractivity contribution in [1.29, 1.82) is 0 Å². The molecule has 0 aliphatic carbocycles. The molecular formula is C14H11N3S2. The van der Waals surface area contributed by atoms with Gasteiger partial charge in [-0.05, 0) is 23.6 Å². The number of thiocarbonyl (C=S) groups is 1. The largest absolute Gasteiger partial charge is 0.389 e. The fourth-order valence-electron chi connectivity index (χ4n) is 1.87. The second-order valence-electron chi connectivity index (χ2n) is 4.08. The third-order valence-electron chi connectivity index (χ3n) is 2.77. The Bertz CT molecular complexity index is 736. The van der Waals surface area contributed by atoms with E-state index >= 15 is 0 Å². The van der Waals surface area contributed by atoms with Gasteiger partial charge in [-0.15, -0.1) is 0 Å². The van der Waals surface area contributed by atoms with E-state index in [9.17, 15) is 0 Å². The number of fused-ring (bicyclic) bond motifs is 1. The zero-order valence-electron chi connectivity index (χ0n) is 9.96. The molecule has 0 saturated carbocycles. The number of hydrogen-bond acceptors (Lipinski definition) is 4. The normalized spacial score (nSPS) is 10.5. The van der Waals surface area contributed by atoms with E-state index in [-0.39, 0.29) is 0 Å². The first-order chi connectivity index (χ1) is 9.24. The maximum Gasteiger partial charge on any atom is 0.141 e. The Morgan fingerprint density at radius 3 is 2.84 bits per heavy atom. The molecule has 0 amide bonds. The highest BCUT2D eigenvalue weighted by atomic mass is 32.1. The van der Waals surface area contributed by atoms with E-state index in [0.29, 0.717) is 10.8 Å². The van der Waals surface area contributed by atoms with Crippen LogP contribution in [0.15, 0.2) is 47.2 Å². The van der Waals surface area contributed by atoms with Gasteiger partial charge in [0.1, 0.15) is 10.8 Å². The zero-order valence-corrected chi connectivity index (χ0v) is 11.6. The van der Waals surface area contributed by atoms with E-state index < -0.39 is 0 Å². The molecule has 0 radical (unpaired) electrons. The lowest BCUT2D eigenvalue weighted by atomic mass is 10.1. The fraction of sp³-hybridized carbons (Fsp3) is 0. The first-order valence-corrected chi connectivity index (χ1v) is 7.08. The molecule has 0 aliphatic heterocycles. The molecule has 0 saturated heterocycles. The van der Waals surface area contributed by atoms with Crippen LogP contribution < -0.4 is 11.1 Å². The van der Waals surface area contributed by atoms with Crippen molar-refractivity contribution in [3.63, 3.8) is 0 Å². The van der Waals surface area contributed by atoms with Gasteiger partial charge in [0, 0.05) is 10.8 Å². The standard InChI is InChI=1S/C14H11N3S2/c15-13(18)11-7-9-3-1-2-4-12(9)17-14(11)16-10-5-6-19-8-10/h1-8H,(H2,15,18)(H,16,17). The Hall–Kier alpha value is -1.98. The van der Waals surface area contributed by atoms with E-state index in [1.54, 1.807) is 11.3 Å². The van der Waals surface area contributed by atoms with E-state index in [4.69, 9.17) is 18.0 Å². The van der Waals surface area contributed by atoms with Crippen LogP contribution in [0.1, 0.15) is 5.56 Å². The summed E-state index contributed by atoms with van der Waals surface area (Å²) in [5.74, 6) is 0.699. The predicted octanol–water partition coefficient (Wildman–Crippen LogP) is 3.67. The topological polar surface area (TPSA) is 50.9 Å². The van der Waals surface area contributed by atoms with E-state index in [1.807, 2.05) is 47.2 Å². The van der Waals surface area contributed by atoms with E-state index in [0.717, 1.165) is 22.2 Å². The SMILES string of the molecule is NC(=S)c1cc2ccccc2nc1Nc1ccsc1. The highest BCUT2D eigenvalue weighted by Gasteiger charge is 2.09. The molecule has 0 bridgehead atoms. The Kier molecular flexibility index (Phi) is 3.15. The fourth-order valence-corrected chi connectivity index (χ4v) is 2.61. The number of nitrogens with zero attached hydrogens (tertiary/aromatic N) is 1. The van der Waals surface area contributed by atoms with Crippen LogP contribution in [0.2, 0.25) is 0 Å². The third kappa shape index (κ3) is 2.43. The second kappa shape index (κ2) is 4.95. The van der Waals surface area contributed by atoms with Crippen LogP contribution in [0, 0.1) is 0 Å². The summed E-state index contributed by atoms with van der Waals surface area (Å²) in [5, 5.41) is 8.30. The number of nitrogens with one attached hydrogen (secondary N) is 1. The average molecular weight is 285 g/mol. The van der Waals surface area contributed by atoms with Gasteiger partial charge in [0.25, 0.3) is 0 Å². The van der Waals surface area contributed by atoms with Crippen LogP contribution in [0.25, 0.3) is 10.9 Å². The highest BCUT2D eigenvalue weighted by molar-refractivity contribution is 7.80. The molecule has 0 atom stereocenters. The summed E-state index contributed by atoms with van der Waals surface area (Å²) in [6.45, 7) is 0. The van der Waals surface area contributed by atoms with Gasteiger partial charge in [0.15, 0.2) is 0 Å². The monoisotopic (exact) mass is 285 g/mol. The number of aromatic nitrogens is 1. The highest BCUT2D eigenvalue weighted by Crippen LogP contribution is 2.24. The van der Waals surface area contributed by atoms with Gasteiger partial charge in [-0.25, -0.2) is 4.98 Å². The molecule has 0 spiro atoms. The number of thiophene rings is 1. The molecule has 2 heterocycles. The molecule has 19 heavy (non-hydrogen) atoms. The van der Waals surface area contributed by atoms with E-state index in [1.165, 1.54) is 0 Å². The molecule has 3 N–H and O–H groups in total. The molecule has 2 aromatic heterocycles. The number of hydrogen-bond donors (Lipinski definition) is 2. The summed E-state index contributed by atoms with van der Waals surface area (Å²) in [6, 6.07) is 11.9. The number of nitrogens with two attached hydrogens (primary N) is 1. The lowest BCUT2D eigenvalue weighted by Gasteiger charge is -2.10. The Morgan fingerprint density at radius 1 is 1.26 bits per heavy atom. The quantitative estimate of drug-likeness (QED) is 0.721. The third-order valence-corrected chi connectivity index (χ3v) is 3.68. The van der Waals surface area contributed by atoms with Crippen molar-refractivity contribution in [3.05, 3.63) is 52.7 Å². The number of pyridine rings is 1. The van der Waals surface area contributed by atoms with E-state index in [2.05, 4.69) is 10.3 Å². The van der Waals surface area contributed by atoms with Crippen LogP contribution in [0.5, 0.6) is 0 Å². The van der Waals surface area contributed by atoms with Gasteiger partial charge >= 0.3 is 0 Å². The molecule has 3 aromatic rings. The molecule has 5 heteroatoms. The van der Waals surface area contributed by atoms with Crippen LogP contribution in [-0.4, -0.2) is 9.97 Å². The maximum atomic E-state index is 5.79. The van der Waals surface area contributed by atoms with Crippen molar-refractivity contribution in [2.24, 2.45) is 5.73 Å².